The Morgan fingerprint density at radius 2 is 1.58 bits per heavy atom. The van der Waals surface area contributed by atoms with E-state index in [9.17, 15) is 0 Å². The molecule has 0 aliphatic carbocycles. The van der Waals surface area contributed by atoms with E-state index in [-0.39, 0.29) is 0 Å². The quantitative estimate of drug-likeness (QED) is 0.261. The number of hydrogen-bond donors (Lipinski definition) is 2. The molecule has 0 bridgehead atoms. The number of halogens is 1. The summed E-state index contributed by atoms with van der Waals surface area (Å²) in [7, 11) is 1.03. The molecule has 0 amide bonds. The van der Waals surface area contributed by atoms with Crippen molar-refractivity contribution >= 4 is 72.3 Å². The van der Waals surface area contributed by atoms with E-state index in [0.29, 0.717) is 12.6 Å². The molecule has 7 heteroatoms. The molecular weight excluding hydrogens is 511 g/mol. The van der Waals surface area contributed by atoms with Crippen molar-refractivity contribution in [1.82, 2.24) is 19.8 Å². The highest BCUT2D eigenvalue weighted by atomic mass is 79.9. The number of hydrogen-bond acceptors (Lipinski definition) is 3. The van der Waals surface area contributed by atoms with E-state index in [2.05, 4.69) is 98.8 Å². The van der Waals surface area contributed by atoms with Gasteiger partial charge in [-0.1, -0.05) is 47.3 Å². The molecular formula is C29H34BBrN4O. The summed E-state index contributed by atoms with van der Waals surface area (Å²) in [4.78, 5) is 12.5. The van der Waals surface area contributed by atoms with Crippen LogP contribution in [0.2, 0.25) is 6.82 Å². The predicted molar refractivity (Wildman–Crippen MR) is 159 cm³/mol. The third kappa shape index (κ3) is 4.21. The lowest BCUT2D eigenvalue weighted by Gasteiger charge is -2.37. The van der Waals surface area contributed by atoms with Gasteiger partial charge in [-0.2, -0.15) is 0 Å². The van der Waals surface area contributed by atoms with Gasteiger partial charge in [0.15, 0.2) is 13.0 Å². The normalized spacial score (nSPS) is 16.4. The van der Waals surface area contributed by atoms with Crippen LogP contribution < -0.4 is 10.2 Å². The first-order chi connectivity index (χ1) is 17.6. The first-order valence-corrected chi connectivity index (χ1v) is 14.1. The molecule has 1 unspecified atom stereocenters. The number of benzene rings is 3. The van der Waals surface area contributed by atoms with E-state index < -0.39 is 0 Å². The average molecular weight is 545 g/mol. The third-order valence-electron chi connectivity index (χ3n) is 8.13. The van der Waals surface area contributed by atoms with Gasteiger partial charge in [-0.05, 0) is 43.7 Å². The summed E-state index contributed by atoms with van der Waals surface area (Å²) in [5, 5.41) is 4.92. The van der Waals surface area contributed by atoms with E-state index in [1.54, 1.807) is 0 Å². The molecule has 36 heavy (non-hydrogen) atoms. The molecule has 5 aromatic rings. The summed E-state index contributed by atoms with van der Waals surface area (Å²) in [5.41, 5.74) is 5.79. The highest BCUT2D eigenvalue weighted by Crippen LogP contribution is 2.41. The number of rotatable bonds is 7. The van der Waals surface area contributed by atoms with Crippen molar-refractivity contribution in [2.75, 3.05) is 39.3 Å². The van der Waals surface area contributed by atoms with Gasteiger partial charge in [-0.3, -0.25) is 9.80 Å². The zero-order valence-electron chi connectivity index (χ0n) is 21.5. The van der Waals surface area contributed by atoms with Crippen molar-refractivity contribution in [3.8, 4) is 5.75 Å². The molecule has 6 rings (SSSR count). The second-order valence-electron chi connectivity index (χ2n) is 10.2. The number of fused-ring (bicyclic) bond motifs is 6. The zero-order valence-corrected chi connectivity index (χ0v) is 23.0. The Bertz CT molecular complexity index is 1550. The van der Waals surface area contributed by atoms with Crippen molar-refractivity contribution in [2.45, 2.75) is 33.1 Å². The van der Waals surface area contributed by atoms with Gasteiger partial charge in [-0.25, -0.2) is 0 Å². The number of nitrogens with one attached hydrogen (secondary N) is 2. The van der Waals surface area contributed by atoms with Crippen molar-refractivity contribution in [1.29, 1.82) is 0 Å². The zero-order chi connectivity index (χ0) is 24.8. The third-order valence-corrected chi connectivity index (χ3v) is 8.62. The fourth-order valence-corrected chi connectivity index (χ4v) is 6.06. The lowest BCUT2D eigenvalue weighted by Crippen LogP contribution is -2.50. The van der Waals surface area contributed by atoms with Crippen molar-refractivity contribution in [2.24, 2.45) is 0 Å². The first-order valence-electron chi connectivity index (χ1n) is 13.3. The minimum Gasteiger partial charge on any atom is -0.488 e. The Balaban J connectivity index is 1.36. The van der Waals surface area contributed by atoms with Gasteiger partial charge in [0.1, 0.15) is 6.61 Å². The molecule has 1 fully saturated rings. The second-order valence-corrected chi connectivity index (χ2v) is 11.1. The SMILES string of the molecule is CBc1ccc2[nH]c3c(OCCN4CCN(C(C)CC)CC4)c4[nH]c5ccc(Br)cc5c4cc3c2c1. The van der Waals surface area contributed by atoms with E-state index >= 15 is 0 Å². The van der Waals surface area contributed by atoms with E-state index in [1.807, 2.05) is 0 Å². The van der Waals surface area contributed by atoms with Gasteiger partial charge in [-0.15, -0.1) is 0 Å². The van der Waals surface area contributed by atoms with E-state index in [4.69, 9.17) is 4.74 Å². The minimum atomic E-state index is 0.673. The van der Waals surface area contributed by atoms with Crippen LogP contribution in [0.15, 0.2) is 46.9 Å². The number of piperazine rings is 1. The molecule has 0 spiro atoms. The summed E-state index contributed by atoms with van der Waals surface area (Å²) < 4.78 is 7.73. The van der Waals surface area contributed by atoms with Crippen LogP contribution in [-0.2, 0) is 0 Å². The van der Waals surface area contributed by atoms with Crippen LogP contribution in [0.3, 0.4) is 0 Å². The number of nitrogens with zero attached hydrogens (tertiary/aromatic N) is 2. The van der Waals surface area contributed by atoms with Gasteiger partial charge < -0.3 is 14.7 Å². The maximum atomic E-state index is 6.65. The lowest BCUT2D eigenvalue weighted by atomic mass is 9.73. The molecule has 1 atom stereocenters. The molecule has 1 saturated heterocycles. The Morgan fingerprint density at radius 1 is 0.917 bits per heavy atom. The van der Waals surface area contributed by atoms with Gasteiger partial charge >= 0.3 is 0 Å². The predicted octanol–water partition coefficient (Wildman–Crippen LogP) is 5.62. The number of H-pyrrole nitrogens is 2. The second kappa shape index (κ2) is 9.77. The van der Waals surface area contributed by atoms with Crippen LogP contribution >= 0.6 is 15.9 Å². The summed E-state index contributed by atoms with van der Waals surface area (Å²) in [5.74, 6) is 0.933. The Kier molecular flexibility index (Phi) is 6.48. The Labute approximate surface area is 221 Å². The molecule has 2 aromatic heterocycles. The number of aromatic nitrogens is 2. The molecule has 5 nitrogen and oxygen atoms in total. The summed E-state index contributed by atoms with van der Waals surface area (Å²) in [6.45, 7) is 13.0. The van der Waals surface area contributed by atoms with Crippen LogP contribution in [0, 0.1) is 0 Å². The first kappa shape index (κ1) is 23.9. The van der Waals surface area contributed by atoms with Crippen LogP contribution in [0.4, 0.5) is 0 Å². The molecule has 1 aliphatic rings. The van der Waals surface area contributed by atoms with E-state index in [0.717, 1.165) is 72.3 Å². The molecule has 186 valence electrons. The van der Waals surface area contributed by atoms with Crippen LogP contribution in [0.1, 0.15) is 20.3 Å². The highest BCUT2D eigenvalue weighted by Gasteiger charge is 2.21. The lowest BCUT2D eigenvalue weighted by molar-refractivity contribution is 0.0908. The van der Waals surface area contributed by atoms with E-state index in [1.165, 1.54) is 33.4 Å². The number of aromatic amines is 2. The molecule has 3 heterocycles. The minimum absolute atomic E-state index is 0.673. The maximum Gasteiger partial charge on any atom is 0.167 e. The largest absolute Gasteiger partial charge is 0.488 e. The number of ether oxygens (including phenoxy) is 1. The van der Waals surface area contributed by atoms with Gasteiger partial charge in [0, 0.05) is 75.8 Å². The maximum absolute atomic E-state index is 6.65. The van der Waals surface area contributed by atoms with Crippen LogP contribution in [0.5, 0.6) is 5.75 Å². The van der Waals surface area contributed by atoms with Crippen molar-refractivity contribution in [3.05, 3.63) is 46.9 Å². The summed E-state index contributed by atoms with van der Waals surface area (Å²) in [6, 6.07) is 16.2. The summed E-state index contributed by atoms with van der Waals surface area (Å²) >= 11 is 3.67. The fraction of sp³-hybridized carbons (Fsp3) is 0.379. The van der Waals surface area contributed by atoms with Crippen LogP contribution in [-0.4, -0.2) is 72.4 Å². The van der Waals surface area contributed by atoms with Crippen molar-refractivity contribution in [3.63, 3.8) is 0 Å². The average Bonchev–Trinajstić information content (AvgIpc) is 3.45. The topological polar surface area (TPSA) is 47.3 Å². The Hall–Kier alpha value is -2.48. The highest BCUT2D eigenvalue weighted by molar-refractivity contribution is 9.10. The molecule has 0 radical (unpaired) electrons. The summed E-state index contributed by atoms with van der Waals surface area (Å²) in [6.07, 6.45) is 1.22. The Morgan fingerprint density at radius 3 is 2.25 bits per heavy atom. The molecule has 1 aliphatic heterocycles. The molecule has 0 saturated carbocycles. The molecule has 2 N–H and O–H groups in total. The standard InChI is InChI=1S/C29H34BBrN4O/c1-4-18(2)35-11-9-34(10-12-35)13-14-36-29-27-23(21-15-19(30-3)5-7-25(21)32-27)17-24-22-16-20(31)6-8-26(22)33-28(24)29/h5-8,15-18,30,32-33H,4,9-14H2,1-3H3. The van der Waals surface area contributed by atoms with Gasteiger partial charge in [0.25, 0.3) is 0 Å². The van der Waals surface area contributed by atoms with Gasteiger partial charge in [0.2, 0.25) is 0 Å². The van der Waals surface area contributed by atoms with Crippen LogP contribution in [0.25, 0.3) is 43.6 Å². The van der Waals surface area contributed by atoms with Gasteiger partial charge in [0.05, 0.1) is 11.0 Å². The monoisotopic (exact) mass is 544 g/mol. The van der Waals surface area contributed by atoms with Crippen molar-refractivity contribution < 1.29 is 4.74 Å². The smallest absolute Gasteiger partial charge is 0.167 e. The fourth-order valence-electron chi connectivity index (χ4n) is 5.70. The molecule has 3 aromatic carbocycles.